The number of anilines is 1. The van der Waals surface area contributed by atoms with Crippen LogP contribution in [-0.4, -0.2) is 23.6 Å². The van der Waals surface area contributed by atoms with E-state index in [1.807, 2.05) is 35.8 Å². The van der Waals surface area contributed by atoms with Crippen LogP contribution in [0.15, 0.2) is 48.5 Å². The molecule has 0 N–H and O–H groups in total. The molecule has 1 aliphatic rings. The minimum atomic E-state index is 0.142. The zero-order chi connectivity index (χ0) is 16.0. The minimum absolute atomic E-state index is 0.142. The molecule has 0 unspecified atom stereocenters. The van der Waals surface area contributed by atoms with Crippen molar-refractivity contribution in [1.82, 2.24) is 4.57 Å². The fraction of sp³-hybridized carbons (Fsp3) is 0.250. The van der Waals surface area contributed by atoms with E-state index in [0.29, 0.717) is 6.54 Å². The molecule has 0 spiro atoms. The summed E-state index contributed by atoms with van der Waals surface area (Å²) in [5.74, 6) is 0.142. The summed E-state index contributed by atoms with van der Waals surface area (Å²) in [7, 11) is 0. The second kappa shape index (κ2) is 5.27. The van der Waals surface area contributed by atoms with Gasteiger partial charge in [0.25, 0.3) is 5.91 Å². The molecule has 3 heteroatoms. The van der Waals surface area contributed by atoms with Gasteiger partial charge in [-0.05, 0) is 43.5 Å². The molecule has 23 heavy (non-hydrogen) atoms. The molecule has 0 saturated heterocycles. The third-order valence-corrected chi connectivity index (χ3v) is 4.99. The normalized spacial score (nSPS) is 13.6. The average Bonchev–Trinajstić information content (AvgIpc) is 3.08. The molecule has 1 aromatic heterocycles. The number of aryl methyl sites for hydroxylation is 1. The van der Waals surface area contributed by atoms with Crippen molar-refractivity contribution in [3.63, 3.8) is 0 Å². The van der Waals surface area contributed by atoms with Crippen molar-refractivity contribution >= 4 is 22.5 Å². The van der Waals surface area contributed by atoms with Gasteiger partial charge in [0.05, 0.1) is 12.1 Å². The Balaban J connectivity index is 1.70. The first-order valence-corrected chi connectivity index (χ1v) is 8.09. The van der Waals surface area contributed by atoms with Crippen LogP contribution in [0.1, 0.15) is 21.6 Å². The smallest absolute Gasteiger partial charge is 0.250 e. The maximum Gasteiger partial charge on any atom is 0.250 e. The van der Waals surface area contributed by atoms with Crippen LogP contribution in [-0.2, 0) is 6.42 Å². The molecule has 0 aliphatic carbocycles. The van der Waals surface area contributed by atoms with Crippen molar-refractivity contribution in [2.75, 3.05) is 18.0 Å². The molecule has 0 amide bonds. The highest BCUT2D eigenvalue weighted by molar-refractivity contribution is 5.97. The maximum atomic E-state index is 13.0. The Bertz CT molecular complexity index is 907. The van der Waals surface area contributed by atoms with Crippen molar-refractivity contribution in [3.05, 3.63) is 65.4 Å². The zero-order valence-electron chi connectivity index (χ0n) is 13.5. The monoisotopic (exact) mass is 304 g/mol. The highest BCUT2D eigenvalue weighted by Gasteiger charge is 2.23. The molecule has 0 atom stereocenters. The van der Waals surface area contributed by atoms with Crippen molar-refractivity contribution < 1.29 is 4.79 Å². The molecule has 2 aromatic carbocycles. The Kier molecular flexibility index (Phi) is 3.22. The number of fused-ring (bicyclic) bond motifs is 2. The molecule has 3 nitrogen and oxygen atoms in total. The van der Waals surface area contributed by atoms with Gasteiger partial charge in [-0.3, -0.25) is 9.36 Å². The summed E-state index contributed by atoms with van der Waals surface area (Å²) in [6.45, 7) is 5.47. The lowest BCUT2D eigenvalue weighted by atomic mass is 10.2. The van der Waals surface area contributed by atoms with Gasteiger partial charge < -0.3 is 4.90 Å². The van der Waals surface area contributed by atoms with Gasteiger partial charge in [-0.2, -0.15) is 0 Å². The summed E-state index contributed by atoms with van der Waals surface area (Å²) in [6, 6.07) is 16.5. The standard InChI is InChI=1S/C20H20N2O/c1-14-15(2)22(19-10-6-4-8-17(14)19)20(23)13-21-12-11-16-7-3-5-9-18(16)21/h3-10H,11-13H2,1-2H3. The summed E-state index contributed by atoms with van der Waals surface area (Å²) in [5, 5.41) is 1.17. The Labute approximate surface area is 136 Å². The number of rotatable bonds is 2. The van der Waals surface area contributed by atoms with Gasteiger partial charge in [0, 0.05) is 23.3 Å². The third kappa shape index (κ3) is 2.15. The van der Waals surface area contributed by atoms with Gasteiger partial charge in [0.1, 0.15) is 0 Å². The second-order valence-corrected chi connectivity index (χ2v) is 6.26. The van der Waals surface area contributed by atoms with Gasteiger partial charge in [-0.25, -0.2) is 0 Å². The SMILES string of the molecule is Cc1c(C)n(C(=O)CN2CCc3ccccc32)c2ccccc12. The number of para-hydroxylation sites is 2. The van der Waals surface area contributed by atoms with Crippen LogP contribution in [0.3, 0.4) is 0 Å². The Morgan fingerprint density at radius 3 is 2.65 bits per heavy atom. The van der Waals surface area contributed by atoms with E-state index in [1.165, 1.54) is 22.2 Å². The van der Waals surface area contributed by atoms with Crippen LogP contribution in [0.25, 0.3) is 10.9 Å². The minimum Gasteiger partial charge on any atom is -0.362 e. The van der Waals surface area contributed by atoms with Crippen LogP contribution in [0.4, 0.5) is 5.69 Å². The van der Waals surface area contributed by atoms with Gasteiger partial charge >= 0.3 is 0 Å². The fourth-order valence-electron chi connectivity index (χ4n) is 3.66. The van der Waals surface area contributed by atoms with E-state index in [0.717, 1.165) is 24.2 Å². The first kappa shape index (κ1) is 14.1. The lowest BCUT2D eigenvalue weighted by Gasteiger charge is -2.19. The van der Waals surface area contributed by atoms with Crippen LogP contribution in [0, 0.1) is 13.8 Å². The number of nitrogens with zero attached hydrogens (tertiary/aromatic N) is 2. The van der Waals surface area contributed by atoms with E-state index in [1.54, 1.807) is 0 Å². The first-order valence-electron chi connectivity index (χ1n) is 8.09. The summed E-state index contributed by atoms with van der Waals surface area (Å²) >= 11 is 0. The summed E-state index contributed by atoms with van der Waals surface area (Å²) in [4.78, 5) is 15.2. The number of hydrogen-bond donors (Lipinski definition) is 0. The van der Waals surface area contributed by atoms with E-state index in [9.17, 15) is 4.79 Å². The molecule has 3 aromatic rings. The quantitative estimate of drug-likeness (QED) is 0.716. The van der Waals surface area contributed by atoms with Crippen molar-refractivity contribution in [2.45, 2.75) is 20.3 Å². The molecule has 0 saturated carbocycles. The number of carbonyl (C=O) groups excluding carboxylic acids is 1. The van der Waals surface area contributed by atoms with Crippen LogP contribution in [0.2, 0.25) is 0 Å². The Morgan fingerprint density at radius 2 is 1.78 bits per heavy atom. The van der Waals surface area contributed by atoms with Gasteiger partial charge in [-0.1, -0.05) is 36.4 Å². The van der Waals surface area contributed by atoms with E-state index < -0.39 is 0 Å². The zero-order valence-corrected chi connectivity index (χ0v) is 13.5. The molecule has 0 fully saturated rings. The lowest BCUT2D eigenvalue weighted by molar-refractivity contribution is 0.0924. The predicted molar refractivity (Wildman–Crippen MR) is 94.4 cm³/mol. The first-order chi connectivity index (χ1) is 11.2. The third-order valence-electron chi connectivity index (χ3n) is 4.99. The molecular formula is C20H20N2O. The number of benzene rings is 2. The highest BCUT2D eigenvalue weighted by atomic mass is 16.2. The van der Waals surface area contributed by atoms with Crippen LogP contribution in [0.5, 0.6) is 0 Å². The molecule has 4 rings (SSSR count). The van der Waals surface area contributed by atoms with Crippen molar-refractivity contribution in [3.8, 4) is 0 Å². The van der Waals surface area contributed by atoms with Gasteiger partial charge in [0.15, 0.2) is 0 Å². The molecule has 116 valence electrons. The predicted octanol–water partition coefficient (Wildman–Crippen LogP) is 3.96. The molecule has 0 bridgehead atoms. The molecular weight excluding hydrogens is 284 g/mol. The van der Waals surface area contributed by atoms with Crippen molar-refractivity contribution in [1.29, 1.82) is 0 Å². The maximum absolute atomic E-state index is 13.0. The second-order valence-electron chi connectivity index (χ2n) is 6.26. The van der Waals surface area contributed by atoms with E-state index >= 15 is 0 Å². The summed E-state index contributed by atoms with van der Waals surface area (Å²) in [6.07, 6.45) is 1.02. The molecule has 0 radical (unpaired) electrons. The average molecular weight is 304 g/mol. The van der Waals surface area contributed by atoms with Gasteiger partial charge in [-0.15, -0.1) is 0 Å². The van der Waals surface area contributed by atoms with E-state index in [2.05, 4.69) is 36.1 Å². The fourth-order valence-corrected chi connectivity index (χ4v) is 3.66. The number of carbonyl (C=O) groups is 1. The topological polar surface area (TPSA) is 25.2 Å². The lowest BCUT2D eigenvalue weighted by Crippen LogP contribution is -2.31. The van der Waals surface area contributed by atoms with Crippen LogP contribution >= 0.6 is 0 Å². The van der Waals surface area contributed by atoms with E-state index in [-0.39, 0.29) is 5.91 Å². The number of hydrogen-bond acceptors (Lipinski definition) is 2. The largest absolute Gasteiger partial charge is 0.362 e. The van der Waals surface area contributed by atoms with Gasteiger partial charge in [0.2, 0.25) is 0 Å². The van der Waals surface area contributed by atoms with E-state index in [4.69, 9.17) is 0 Å². The van der Waals surface area contributed by atoms with Crippen molar-refractivity contribution in [2.24, 2.45) is 0 Å². The summed E-state index contributed by atoms with van der Waals surface area (Å²) in [5.41, 5.74) is 5.79. The molecule has 1 aliphatic heterocycles. The Hall–Kier alpha value is -2.55. The van der Waals surface area contributed by atoms with Crippen LogP contribution < -0.4 is 4.90 Å². The summed E-state index contributed by atoms with van der Waals surface area (Å²) < 4.78 is 1.88. The molecule has 2 heterocycles. The highest BCUT2D eigenvalue weighted by Crippen LogP contribution is 2.28. The Morgan fingerprint density at radius 1 is 1.04 bits per heavy atom. The number of aromatic nitrogens is 1.